The van der Waals surface area contributed by atoms with Crippen molar-refractivity contribution in [2.75, 3.05) is 5.32 Å². The average Bonchev–Trinajstić information content (AvgIpc) is 2.94. The predicted octanol–water partition coefficient (Wildman–Crippen LogP) is 2.55. The van der Waals surface area contributed by atoms with Crippen LogP contribution < -0.4 is 5.32 Å². The van der Waals surface area contributed by atoms with E-state index in [0.29, 0.717) is 17.9 Å². The van der Waals surface area contributed by atoms with Gasteiger partial charge in [0.1, 0.15) is 0 Å². The van der Waals surface area contributed by atoms with E-state index in [2.05, 4.69) is 5.32 Å². The van der Waals surface area contributed by atoms with E-state index in [1.54, 1.807) is 35.9 Å². The molecule has 1 aromatic carbocycles. The Bertz CT molecular complexity index is 721. The van der Waals surface area contributed by atoms with E-state index in [9.17, 15) is 19.7 Å². The number of carbonyl (C=O) groups excluding carboxylic acids is 2. The van der Waals surface area contributed by atoms with Crippen molar-refractivity contribution >= 4 is 23.6 Å². The molecular weight excluding hydrogens is 286 g/mol. The second-order valence-corrected chi connectivity index (χ2v) is 4.80. The molecule has 114 valence electrons. The molecule has 0 radical (unpaired) electrons. The number of benzene rings is 1. The lowest BCUT2D eigenvalue weighted by Crippen LogP contribution is -2.15. The maximum Gasteiger partial charge on any atom is 0.271 e. The molecule has 0 atom stereocenters. The van der Waals surface area contributed by atoms with Crippen molar-refractivity contribution in [3.63, 3.8) is 0 Å². The number of aromatic nitrogens is 1. The van der Waals surface area contributed by atoms with Gasteiger partial charge in [-0.1, -0.05) is 6.07 Å². The van der Waals surface area contributed by atoms with Gasteiger partial charge in [0.2, 0.25) is 5.91 Å². The molecule has 22 heavy (non-hydrogen) atoms. The average molecular weight is 301 g/mol. The summed E-state index contributed by atoms with van der Waals surface area (Å²) in [5.74, 6) is -0.269. The second-order valence-electron chi connectivity index (χ2n) is 4.80. The van der Waals surface area contributed by atoms with Gasteiger partial charge in [-0.05, 0) is 24.6 Å². The van der Waals surface area contributed by atoms with E-state index < -0.39 is 4.92 Å². The first-order valence-corrected chi connectivity index (χ1v) is 6.66. The van der Waals surface area contributed by atoms with E-state index in [-0.39, 0.29) is 18.0 Å². The van der Waals surface area contributed by atoms with Crippen LogP contribution in [0.2, 0.25) is 0 Å². The Hall–Kier alpha value is -2.96. The Labute approximate surface area is 126 Å². The van der Waals surface area contributed by atoms with Crippen LogP contribution in [0.4, 0.5) is 11.4 Å². The number of hydrogen-bond donors (Lipinski definition) is 1. The van der Waals surface area contributed by atoms with Gasteiger partial charge >= 0.3 is 0 Å². The monoisotopic (exact) mass is 301 g/mol. The summed E-state index contributed by atoms with van der Waals surface area (Å²) in [7, 11) is 0. The highest BCUT2D eigenvalue weighted by molar-refractivity contribution is 5.91. The molecule has 1 N–H and O–H groups in total. The molecule has 2 rings (SSSR count). The predicted molar refractivity (Wildman–Crippen MR) is 80.9 cm³/mol. The fraction of sp³-hybridized carbons (Fsp3) is 0.200. The topological polar surface area (TPSA) is 94.2 Å². The number of carbonyl (C=O) groups is 2. The van der Waals surface area contributed by atoms with E-state index in [1.165, 1.54) is 12.1 Å². The van der Waals surface area contributed by atoms with Crippen LogP contribution in [-0.4, -0.2) is 21.7 Å². The lowest BCUT2D eigenvalue weighted by molar-refractivity contribution is -0.384. The molecule has 0 aliphatic rings. The number of hydrogen-bond acceptors (Lipinski definition) is 4. The highest BCUT2D eigenvalue weighted by Gasteiger charge is 2.11. The SMILES string of the molecule is Cc1ccc([N+](=O)[O-])cc1NC(=O)CCn1cccc1C=O. The number of nitro benzene ring substituents is 1. The molecule has 0 bridgehead atoms. The normalized spacial score (nSPS) is 10.2. The maximum absolute atomic E-state index is 12.0. The molecule has 0 spiro atoms. The fourth-order valence-corrected chi connectivity index (χ4v) is 2.03. The summed E-state index contributed by atoms with van der Waals surface area (Å²) < 4.78 is 1.67. The van der Waals surface area contributed by atoms with Gasteiger partial charge in [-0.25, -0.2) is 0 Å². The number of anilines is 1. The molecule has 0 saturated carbocycles. The van der Waals surface area contributed by atoms with E-state index in [1.807, 2.05) is 0 Å². The third-order valence-corrected chi connectivity index (χ3v) is 3.27. The Kier molecular flexibility index (Phi) is 4.67. The van der Waals surface area contributed by atoms with Crippen LogP contribution in [0.1, 0.15) is 22.5 Å². The summed E-state index contributed by atoms with van der Waals surface area (Å²) in [5, 5.41) is 13.4. The van der Waals surface area contributed by atoms with Crippen LogP contribution in [0.5, 0.6) is 0 Å². The molecule has 7 heteroatoms. The molecule has 2 aromatic rings. The number of aryl methyl sites for hydroxylation is 2. The van der Waals surface area contributed by atoms with Crippen molar-refractivity contribution in [3.05, 3.63) is 57.9 Å². The van der Waals surface area contributed by atoms with E-state index >= 15 is 0 Å². The van der Waals surface area contributed by atoms with Crippen LogP contribution in [0.25, 0.3) is 0 Å². The zero-order chi connectivity index (χ0) is 16.1. The second kappa shape index (κ2) is 6.66. The van der Waals surface area contributed by atoms with Gasteiger partial charge in [0.15, 0.2) is 6.29 Å². The molecule has 1 heterocycles. The molecule has 7 nitrogen and oxygen atoms in total. The standard InChI is InChI=1S/C15H15N3O4/c1-11-4-5-12(18(21)22)9-14(11)16-15(20)6-8-17-7-2-3-13(17)10-19/h2-5,7,9-10H,6,8H2,1H3,(H,16,20). The van der Waals surface area contributed by atoms with Gasteiger partial charge in [-0.15, -0.1) is 0 Å². The molecule has 1 aromatic heterocycles. The minimum atomic E-state index is -0.509. The number of non-ortho nitro benzene ring substituents is 1. The van der Waals surface area contributed by atoms with Crippen LogP contribution >= 0.6 is 0 Å². The number of amides is 1. The van der Waals surface area contributed by atoms with Gasteiger partial charge in [-0.2, -0.15) is 0 Å². The first-order valence-electron chi connectivity index (χ1n) is 6.66. The highest BCUT2D eigenvalue weighted by atomic mass is 16.6. The molecule has 0 aliphatic carbocycles. The number of rotatable bonds is 6. The molecule has 0 fully saturated rings. The van der Waals surface area contributed by atoms with Crippen molar-refractivity contribution in [1.82, 2.24) is 4.57 Å². The van der Waals surface area contributed by atoms with Crippen molar-refractivity contribution < 1.29 is 14.5 Å². The van der Waals surface area contributed by atoms with Crippen molar-refractivity contribution in [1.29, 1.82) is 0 Å². The van der Waals surface area contributed by atoms with Crippen molar-refractivity contribution in [2.24, 2.45) is 0 Å². The maximum atomic E-state index is 12.0. The molecule has 0 saturated heterocycles. The minimum absolute atomic E-state index is 0.0745. The summed E-state index contributed by atoms with van der Waals surface area (Å²) in [5.41, 5.74) is 1.59. The van der Waals surface area contributed by atoms with Gasteiger partial charge in [0.25, 0.3) is 5.69 Å². The number of nitrogens with one attached hydrogen (secondary N) is 1. The Balaban J connectivity index is 2.01. The number of nitrogens with zero attached hydrogens (tertiary/aromatic N) is 2. The van der Waals surface area contributed by atoms with Crippen LogP contribution in [-0.2, 0) is 11.3 Å². The first kappa shape index (κ1) is 15.4. The van der Waals surface area contributed by atoms with Gasteiger partial charge < -0.3 is 9.88 Å². The van der Waals surface area contributed by atoms with E-state index in [0.717, 1.165) is 11.8 Å². The zero-order valence-electron chi connectivity index (χ0n) is 12.0. The summed E-state index contributed by atoms with van der Waals surface area (Å²) in [6.07, 6.45) is 2.61. The van der Waals surface area contributed by atoms with Gasteiger partial charge in [0.05, 0.1) is 16.3 Å². The number of nitro groups is 1. The van der Waals surface area contributed by atoms with Crippen LogP contribution in [0, 0.1) is 17.0 Å². The Morgan fingerprint density at radius 2 is 2.18 bits per heavy atom. The Morgan fingerprint density at radius 3 is 2.86 bits per heavy atom. The zero-order valence-corrected chi connectivity index (χ0v) is 12.0. The molecule has 0 aliphatic heterocycles. The third-order valence-electron chi connectivity index (χ3n) is 3.27. The third kappa shape index (κ3) is 3.57. The van der Waals surface area contributed by atoms with Crippen LogP contribution in [0.15, 0.2) is 36.5 Å². The lowest BCUT2D eigenvalue weighted by atomic mass is 10.2. The van der Waals surface area contributed by atoms with Crippen molar-refractivity contribution in [3.8, 4) is 0 Å². The highest BCUT2D eigenvalue weighted by Crippen LogP contribution is 2.22. The van der Waals surface area contributed by atoms with Gasteiger partial charge in [-0.3, -0.25) is 19.7 Å². The minimum Gasteiger partial charge on any atom is -0.345 e. The quantitative estimate of drug-likeness (QED) is 0.504. The fourth-order valence-electron chi connectivity index (χ4n) is 2.03. The summed E-state index contributed by atoms with van der Waals surface area (Å²) in [4.78, 5) is 33.0. The van der Waals surface area contributed by atoms with Crippen LogP contribution in [0.3, 0.4) is 0 Å². The molecule has 0 unspecified atom stereocenters. The molecule has 1 amide bonds. The van der Waals surface area contributed by atoms with Crippen molar-refractivity contribution in [2.45, 2.75) is 19.9 Å². The van der Waals surface area contributed by atoms with E-state index in [4.69, 9.17) is 0 Å². The summed E-state index contributed by atoms with van der Waals surface area (Å²) >= 11 is 0. The lowest BCUT2D eigenvalue weighted by Gasteiger charge is -2.09. The Morgan fingerprint density at radius 1 is 1.41 bits per heavy atom. The summed E-state index contributed by atoms with van der Waals surface area (Å²) in [6.45, 7) is 2.12. The largest absolute Gasteiger partial charge is 0.345 e. The van der Waals surface area contributed by atoms with Gasteiger partial charge in [0, 0.05) is 31.3 Å². The molecular formula is C15H15N3O4. The first-order chi connectivity index (χ1) is 10.5. The number of aldehydes is 1. The summed E-state index contributed by atoms with van der Waals surface area (Å²) in [6, 6.07) is 7.70. The smallest absolute Gasteiger partial charge is 0.271 e.